The van der Waals surface area contributed by atoms with Crippen LogP contribution in [0, 0.1) is 6.20 Å². The summed E-state index contributed by atoms with van der Waals surface area (Å²) in [5.74, 6) is 0.156. The van der Waals surface area contributed by atoms with Gasteiger partial charge in [-0.05, 0) is 6.42 Å². The van der Waals surface area contributed by atoms with Crippen molar-refractivity contribution in [1.82, 2.24) is 10.2 Å². The van der Waals surface area contributed by atoms with Crippen molar-refractivity contribution in [2.75, 3.05) is 12.0 Å². The molecule has 1 N–H and O–H groups in total. The highest BCUT2D eigenvalue weighted by molar-refractivity contribution is 7.90. The standard InChI is InChI=1S/C6H9N2O2S/c1-11(9,10)3-2-6-4-7-8-5-6/h4H,2-3H2,1H3,(H,7,8). The molecule has 61 valence electrons. The minimum absolute atomic E-state index is 0.156. The van der Waals surface area contributed by atoms with Crippen molar-refractivity contribution in [3.63, 3.8) is 0 Å². The molecule has 0 fully saturated rings. The smallest absolute Gasteiger partial charge is 0.147 e. The number of aromatic nitrogens is 2. The normalized spacial score (nSPS) is 11.7. The molecule has 0 aromatic carbocycles. The first-order valence-electron chi connectivity index (χ1n) is 3.16. The van der Waals surface area contributed by atoms with Crippen LogP contribution in [0.15, 0.2) is 6.20 Å². The van der Waals surface area contributed by atoms with Crippen LogP contribution in [0.5, 0.6) is 0 Å². The molecule has 1 radical (unpaired) electrons. The molecule has 11 heavy (non-hydrogen) atoms. The summed E-state index contributed by atoms with van der Waals surface area (Å²) < 4.78 is 21.4. The maximum atomic E-state index is 10.7. The van der Waals surface area contributed by atoms with Crippen molar-refractivity contribution in [2.24, 2.45) is 0 Å². The first-order valence-corrected chi connectivity index (χ1v) is 5.22. The van der Waals surface area contributed by atoms with Crippen LogP contribution in [0.2, 0.25) is 0 Å². The Morgan fingerprint density at radius 2 is 2.45 bits per heavy atom. The summed E-state index contributed by atoms with van der Waals surface area (Å²) in [6.45, 7) is 0. The fraction of sp³-hybridized carbons (Fsp3) is 0.500. The molecular formula is C6H9N2O2S. The van der Waals surface area contributed by atoms with Gasteiger partial charge in [0.1, 0.15) is 16.0 Å². The third-order valence-electron chi connectivity index (χ3n) is 1.25. The summed E-state index contributed by atoms with van der Waals surface area (Å²) >= 11 is 0. The fourth-order valence-corrected chi connectivity index (χ4v) is 1.26. The molecule has 0 aliphatic rings. The highest BCUT2D eigenvalue weighted by atomic mass is 32.2. The summed E-state index contributed by atoms with van der Waals surface area (Å²) in [7, 11) is -2.86. The third kappa shape index (κ3) is 3.18. The quantitative estimate of drug-likeness (QED) is 0.688. The average Bonchev–Trinajstić information content (AvgIpc) is 2.32. The minimum Gasteiger partial charge on any atom is -0.285 e. The number of aryl methyl sites for hydroxylation is 1. The van der Waals surface area contributed by atoms with Crippen molar-refractivity contribution in [3.8, 4) is 0 Å². The summed E-state index contributed by atoms with van der Waals surface area (Å²) in [6.07, 6.45) is 5.98. The van der Waals surface area contributed by atoms with Crippen molar-refractivity contribution in [1.29, 1.82) is 0 Å². The van der Waals surface area contributed by atoms with Gasteiger partial charge in [0, 0.05) is 18.0 Å². The predicted molar refractivity (Wildman–Crippen MR) is 40.8 cm³/mol. The number of H-pyrrole nitrogens is 1. The summed E-state index contributed by atoms with van der Waals surface area (Å²) in [5.41, 5.74) is 0.801. The van der Waals surface area contributed by atoms with Crippen LogP contribution < -0.4 is 0 Å². The zero-order chi connectivity index (χ0) is 8.32. The van der Waals surface area contributed by atoms with Gasteiger partial charge in [0.2, 0.25) is 0 Å². The Morgan fingerprint density at radius 1 is 1.73 bits per heavy atom. The molecule has 5 heteroatoms. The molecule has 0 amide bonds. The topological polar surface area (TPSA) is 62.8 Å². The van der Waals surface area contributed by atoms with Crippen LogP contribution in [-0.4, -0.2) is 30.6 Å². The van der Waals surface area contributed by atoms with E-state index in [1.54, 1.807) is 6.20 Å². The van der Waals surface area contributed by atoms with Gasteiger partial charge in [-0.25, -0.2) is 8.42 Å². The SMILES string of the molecule is CS(=O)(=O)CCc1[c]n[nH]c1. The molecule has 0 aliphatic carbocycles. The van der Waals surface area contributed by atoms with E-state index in [1.807, 2.05) is 0 Å². The number of nitrogens with zero attached hydrogens (tertiary/aromatic N) is 1. The lowest BCUT2D eigenvalue weighted by atomic mass is 10.3. The Balaban J connectivity index is 2.48. The Bertz CT molecular complexity index is 301. The van der Waals surface area contributed by atoms with E-state index in [9.17, 15) is 8.42 Å². The molecular weight excluding hydrogens is 164 g/mol. The van der Waals surface area contributed by atoms with E-state index in [-0.39, 0.29) is 5.75 Å². The summed E-state index contributed by atoms with van der Waals surface area (Å²) in [4.78, 5) is 0. The molecule has 4 nitrogen and oxygen atoms in total. The molecule has 1 aromatic heterocycles. The Morgan fingerprint density at radius 3 is 2.91 bits per heavy atom. The maximum Gasteiger partial charge on any atom is 0.147 e. The number of hydrogen-bond acceptors (Lipinski definition) is 3. The molecule has 0 aliphatic heterocycles. The fourth-order valence-electron chi connectivity index (χ4n) is 0.670. The first kappa shape index (κ1) is 8.26. The lowest BCUT2D eigenvalue weighted by Gasteiger charge is -1.92. The van der Waals surface area contributed by atoms with Gasteiger partial charge in [0.05, 0.1) is 5.75 Å². The lowest BCUT2D eigenvalue weighted by molar-refractivity contribution is 0.601. The maximum absolute atomic E-state index is 10.7. The van der Waals surface area contributed by atoms with E-state index in [1.165, 1.54) is 6.26 Å². The van der Waals surface area contributed by atoms with Crippen LogP contribution >= 0.6 is 0 Å². The zero-order valence-electron chi connectivity index (χ0n) is 6.16. The second-order valence-corrected chi connectivity index (χ2v) is 4.66. The molecule has 1 rings (SSSR count). The van der Waals surface area contributed by atoms with E-state index in [2.05, 4.69) is 16.4 Å². The third-order valence-corrected chi connectivity index (χ3v) is 2.19. The molecule has 0 bridgehead atoms. The molecule has 1 heterocycles. The summed E-state index contributed by atoms with van der Waals surface area (Å²) in [6, 6.07) is 0. The van der Waals surface area contributed by atoms with Crippen molar-refractivity contribution in [3.05, 3.63) is 18.0 Å². The van der Waals surface area contributed by atoms with Gasteiger partial charge >= 0.3 is 0 Å². The second-order valence-electron chi connectivity index (χ2n) is 2.40. The van der Waals surface area contributed by atoms with E-state index in [4.69, 9.17) is 0 Å². The van der Waals surface area contributed by atoms with Crippen LogP contribution in [0.1, 0.15) is 5.56 Å². The first-order chi connectivity index (χ1) is 5.08. The van der Waals surface area contributed by atoms with Gasteiger partial charge in [-0.3, -0.25) is 5.10 Å². The molecule has 1 aromatic rings. The Kier molecular flexibility index (Phi) is 2.28. The van der Waals surface area contributed by atoms with E-state index >= 15 is 0 Å². The number of sulfone groups is 1. The molecule has 0 atom stereocenters. The number of aromatic amines is 1. The van der Waals surface area contributed by atoms with Crippen LogP contribution in [-0.2, 0) is 16.3 Å². The highest BCUT2D eigenvalue weighted by Gasteiger charge is 2.02. The van der Waals surface area contributed by atoms with Gasteiger partial charge in [-0.15, -0.1) is 0 Å². The number of hydrogen-bond donors (Lipinski definition) is 1. The van der Waals surface area contributed by atoms with Gasteiger partial charge in [0.25, 0.3) is 0 Å². The van der Waals surface area contributed by atoms with Crippen molar-refractivity contribution < 1.29 is 8.42 Å². The predicted octanol–water partition coefficient (Wildman–Crippen LogP) is -0.203. The molecule has 0 spiro atoms. The van der Waals surface area contributed by atoms with Gasteiger partial charge in [-0.2, -0.15) is 5.10 Å². The molecule has 0 unspecified atom stereocenters. The largest absolute Gasteiger partial charge is 0.285 e. The van der Waals surface area contributed by atoms with Crippen LogP contribution in [0.4, 0.5) is 0 Å². The van der Waals surface area contributed by atoms with E-state index in [0.717, 1.165) is 5.56 Å². The van der Waals surface area contributed by atoms with E-state index in [0.29, 0.717) is 6.42 Å². The van der Waals surface area contributed by atoms with Crippen LogP contribution in [0.25, 0.3) is 0 Å². The Labute approximate surface area is 65.5 Å². The van der Waals surface area contributed by atoms with Gasteiger partial charge in [-0.1, -0.05) is 0 Å². The average molecular weight is 173 g/mol. The molecule has 0 saturated heterocycles. The number of rotatable bonds is 3. The van der Waals surface area contributed by atoms with Crippen molar-refractivity contribution in [2.45, 2.75) is 6.42 Å². The van der Waals surface area contributed by atoms with E-state index < -0.39 is 9.84 Å². The lowest BCUT2D eigenvalue weighted by Crippen LogP contribution is -2.05. The monoisotopic (exact) mass is 173 g/mol. The van der Waals surface area contributed by atoms with Crippen LogP contribution in [0.3, 0.4) is 0 Å². The Hall–Kier alpha value is -0.840. The molecule has 0 saturated carbocycles. The van der Waals surface area contributed by atoms with Gasteiger partial charge < -0.3 is 0 Å². The minimum atomic E-state index is -2.86. The number of nitrogens with one attached hydrogen (secondary N) is 1. The van der Waals surface area contributed by atoms with Gasteiger partial charge in [0.15, 0.2) is 0 Å². The second kappa shape index (κ2) is 3.04. The highest BCUT2D eigenvalue weighted by Crippen LogP contribution is 1.96. The zero-order valence-corrected chi connectivity index (χ0v) is 6.98. The summed E-state index contributed by atoms with van der Waals surface area (Å²) in [5, 5.41) is 6.14. The van der Waals surface area contributed by atoms with Crippen molar-refractivity contribution >= 4 is 9.84 Å².